The van der Waals surface area contributed by atoms with Gasteiger partial charge in [0.15, 0.2) is 0 Å². The normalized spacial score (nSPS) is 13.6. The molecular formula is C9H17NO3. The minimum atomic E-state index is -0.967. The Morgan fingerprint density at radius 1 is 1.31 bits per heavy atom. The second kappa shape index (κ2) is 3.77. The van der Waals surface area contributed by atoms with Crippen molar-refractivity contribution in [1.29, 1.82) is 0 Å². The highest BCUT2D eigenvalue weighted by molar-refractivity contribution is 5.82. The van der Waals surface area contributed by atoms with Gasteiger partial charge in [-0.25, -0.2) is 4.79 Å². The van der Waals surface area contributed by atoms with E-state index in [9.17, 15) is 9.59 Å². The highest BCUT2D eigenvalue weighted by Crippen LogP contribution is 2.23. The van der Waals surface area contributed by atoms with Crippen molar-refractivity contribution in [3.05, 3.63) is 0 Å². The van der Waals surface area contributed by atoms with Gasteiger partial charge in [-0.3, -0.25) is 4.79 Å². The molecule has 1 amide bonds. The van der Waals surface area contributed by atoms with E-state index in [1.807, 2.05) is 0 Å². The molecule has 0 rings (SSSR count). The smallest absolute Gasteiger partial charge is 0.326 e. The van der Waals surface area contributed by atoms with Crippen LogP contribution in [0.15, 0.2) is 0 Å². The molecule has 1 unspecified atom stereocenters. The third-order valence-electron chi connectivity index (χ3n) is 1.94. The predicted molar refractivity (Wildman–Crippen MR) is 49.3 cm³/mol. The summed E-state index contributed by atoms with van der Waals surface area (Å²) in [5.74, 6) is -1.20. The fourth-order valence-electron chi connectivity index (χ4n) is 1.30. The molecule has 0 saturated carbocycles. The lowest BCUT2D eigenvalue weighted by Crippen LogP contribution is -2.49. The first-order valence-electron chi connectivity index (χ1n) is 4.14. The summed E-state index contributed by atoms with van der Waals surface area (Å²) in [6.45, 7) is 6.75. The molecule has 1 N–H and O–H groups in total. The molecule has 0 aromatic heterocycles. The van der Waals surface area contributed by atoms with E-state index < -0.39 is 17.4 Å². The minimum Gasteiger partial charge on any atom is -0.480 e. The summed E-state index contributed by atoms with van der Waals surface area (Å²) in [4.78, 5) is 23.1. The number of rotatable bonds is 2. The zero-order chi connectivity index (χ0) is 10.8. The molecule has 0 heterocycles. The number of hydrogen-bond acceptors (Lipinski definition) is 2. The molecule has 4 heteroatoms. The summed E-state index contributed by atoms with van der Waals surface area (Å²) >= 11 is 0. The Kier molecular flexibility index (Phi) is 3.46. The second-order valence-corrected chi connectivity index (χ2v) is 4.24. The number of carbonyl (C=O) groups excluding carboxylic acids is 1. The monoisotopic (exact) mass is 187 g/mol. The van der Waals surface area contributed by atoms with E-state index in [4.69, 9.17) is 5.11 Å². The first kappa shape index (κ1) is 11.9. The van der Waals surface area contributed by atoms with Gasteiger partial charge in [-0.15, -0.1) is 0 Å². The molecule has 0 aromatic carbocycles. The van der Waals surface area contributed by atoms with Crippen LogP contribution in [0.25, 0.3) is 0 Å². The van der Waals surface area contributed by atoms with Crippen LogP contribution in [0.3, 0.4) is 0 Å². The highest BCUT2D eigenvalue weighted by atomic mass is 16.4. The standard InChI is InChI=1S/C9H17NO3/c1-6(11)10(5)7(8(12)13)9(2,3)4/h7H,1-5H3,(H,12,13). The van der Waals surface area contributed by atoms with Crippen LogP contribution < -0.4 is 0 Å². The SMILES string of the molecule is CC(=O)N(C)C(C(=O)O)C(C)(C)C. The quantitative estimate of drug-likeness (QED) is 0.700. The Balaban J connectivity index is 4.83. The van der Waals surface area contributed by atoms with Gasteiger partial charge in [0.05, 0.1) is 0 Å². The van der Waals surface area contributed by atoms with Crippen LogP contribution in [0.1, 0.15) is 27.7 Å². The molecule has 4 nitrogen and oxygen atoms in total. The van der Waals surface area contributed by atoms with Crippen molar-refractivity contribution in [2.45, 2.75) is 33.7 Å². The third kappa shape index (κ3) is 3.05. The van der Waals surface area contributed by atoms with Crippen LogP contribution in [-0.4, -0.2) is 35.0 Å². The van der Waals surface area contributed by atoms with E-state index in [-0.39, 0.29) is 5.91 Å². The number of carbonyl (C=O) groups is 2. The zero-order valence-corrected chi connectivity index (χ0v) is 8.79. The maximum Gasteiger partial charge on any atom is 0.326 e. The van der Waals surface area contributed by atoms with Crippen molar-refractivity contribution in [2.24, 2.45) is 5.41 Å². The molecule has 0 aliphatic rings. The minimum absolute atomic E-state index is 0.234. The van der Waals surface area contributed by atoms with Gasteiger partial charge in [0, 0.05) is 14.0 Å². The van der Waals surface area contributed by atoms with Crippen molar-refractivity contribution in [3.8, 4) is 0 Å². The summed E-state index contributed by atoms with van der Waals surface area (Å²) in [7, 11) is 1.51. The lowest BCUT2D eigenvalue weighted by atomic mass is 9.86. The lowest BCUT2D eigenvalue weighted by Gasteiger charge is -2.34. The number of hydrogen-bond donors (Lipinski definition) is 1. The number of likely N-dealkylation sites (N-methyl/N-ethyl adjacent to an activating group) is 1. The summed E-state index contributed by atoms with van der Waals surface area (Å²) in [5, 5.41) is 8.93. The van der Waals surface area contributed by atoms with Crippen LogP contribution in [0.5, 0.6) is 0 Å². The Hall–Kier alpha value is -1.06. The molecule has 0 saturated heterocycles. The van der Waals surface area contributed by atoms with Crippen molar-refractivity contribution in [3.63, 3.8) is 0 Å². The molecular weight excluding hydrogens is 170 g/mol. The summed E-state index contributed by atoms with van der Waals surface area (Å²) in [6.07, 6.45) is 0. The maximum atomic E-state index is 11.0. The first-order valence-corrected chi connectivity index (χ1v) is 4.14. The predicted octanol–water partition coefficient (Wildman–Crippen LogP) is 0.964. The molecule has 0 radical (unpaired) electrons. The van der Waals surface area contributed by atoms with Gasteiger partial charge in [0.2, 0.25) is 5.91 Å². The van der Waals surface area contributed by atoms with Crippen LogP contribution in [0.2, 0.25) is 0 Å². The van der Waals surface area contributed by atoms with Gasteiger partial charge in [-0.05, 0) is 5.41 Å². The lowest BCUT2D eigenvalue weighted by molar-refractivity contribution is -0.152. The number of carboxylic acids is 1. The second-order valence-electron chi connectivity index (χ2n) is 4.24. The fourth-order valence-corrected chi connectivity index (χ4v) is 1.30. The van der Waals surface area contributed by atoms with Crippen LogP contribution in [0, 0.1) is 5.41 Å². The molecule has 0 aliphatic carbocycles. The molecule has 1 atom stereocenters. The molecule has 0 fully saturated rings. The van der Waals surface area contributed by atoms with E-state index in [1.54, 1.807) is 20.8 Å². The van der Waals surface area contributed by atoms with Gasteiger partial charge < -0.3 is 10.0 Å². The molecule has 0 aromatic rings. The summed E-state index contributed by atoms with van der Waals surface area (Å²) < 4.78 is 0. The number of nitrogens with zero attached hydrogens (tertiary/aromatic N) is 1. The van der Waals surface area contributed by atoms with E-state index in [2.05, 4.69) is 0 Å². The number of aliphatic carboxylic acids is 1. The topological polar surface area (TPSA) is 57.6 Å². The van der Waals surface area contributed by atoms with Gasteiger partial charge in [0.1, 0.15) is 6.04 Å². The fraction of sp³-hybridized carbons (Fsp3) is 0.778. The van der Waals surface area contributed by atoms with E-state index in [1.165, 1.54) is 18.9 Å². The van der Waals surface area contributed by atoms with E-state index in [0.717, 1.165) is 0 Å². The highest BCUT2D eigenvalue weighted by Gasteiger charge is 2.35. The van der Waals surface area contributed by atoms with Crippen molar-refractivity contribution < 1.29 is 14.7 Å². The van der Waals surface area contributed by atoms with Crippen molar-refractivity contribution in [2.75, 3.05) is 7.05 Å². The Morgan fingerprint density at radius 2 is 1.69 bits per heavy atom. The largest absolute Gasteiger partial charge is 0.480 e. The average molecular weight is 187 g/mol. The number of amides is 1. The molecule has 0 aliphatic heterocycles. The maximum absolute atomic E-state index is 11.0. The van der Waals surface area contributed by atoms with Gasteiger partial charge in [0.25, 0.3) is 0 Å². The van der Waals surface area contributed by atoms with Crippen LogP contribution in [-0.2, 0) is 9.59 Å². The number of carboxylic acid groups (broad SMARTS) is 1. The summed E-state index contributed by atoms with van der Waals surface area (Å²) in [5.41, 5.74) is -0.452. The van der Waals surface area contributed by atoms with Crippen LogP contribution in [0.4, 0.5) is 0 Å². The van der Waals surface area contributed by atoms with Gasteiger partial charge in [-0.2, -0.15) is 0 Å². The van der Waals surface area contributed by atoms with Gasteiger partial charge in [-0.1, -0.05) is 20.8 Å². The Bertz CT molecular complexity index is 217. The molecule has 76 valence electrons. The average Bonchev–Trinajstić information content (AvgIpc) is 1.82. The zero-order valence-electron chi connectivity index (χ0n) is 8.79. The van der Waals surface area contributed by atoms with Crippen LogP contribution >= 0.6 is 0 Å². The molecule has 13 heavy (non-hydrogen) atoms. The van der Waals surface area contributed by atoms with E-state index >= 15 is 0 Å². The Morgan fingerprint density at radius 3 is 1.77 bits per heavy atom. The molecule has 0 bridgehead atoms. The molecule has 0 spiro atoms. The van der Waals surface area contributed by atoms with Gasteiger partial charge >= 0.3 is 5.97 Å². The third-order valence-corrected chi connectivity index (χ3v) is 1.94. The summed E-state index contributed by atoms with van der Waals surface area (Å²) in [6, 6.07) is -0.773. The van der Waals surface area contributed by atoms with Crippen molar-refractivity contribution in [1.82, 2.24) is 4.90 Å². The Labute approximate surface area is 78.5 Å². The first-order chi connectivity index (χ1) is 5.68. The van der Waals surface area contributed by atoms with Crippen molar-refractivity contribution >= 4 is 11.9 Å². The van der Waals surface area contributed by atoms with E-state index in [0.29, 0.717) is 0 Å².